The van der Waals surface area contributed by atoms with Crippen LogP contribution in [-0.4, -0.2) is 45.0 Å². The number of fused-ring (bicyclic) bond motifs is 3. The quantitative estimate of drug-likeness (QED) is 0.311. The van der Waals surface area contributed by atoms with Gasteiger partial charge in [0.1, 0.15) is 11.5 Å². The van der Waals surface area contributed by atoms with E-state index in [9.17, 15) is 29.4 Å². The van der Waals surface area contributed by atoms with Crippen molar-refractivity contribution in [2.75, 3.05) is 6.54 Å². The summed E-state index contributed by atoms with van der Waals surface area (Å²) in [7, 11) is 0. The SMILES string of the molecule is Cc1cccc([C@H]2C3=CC[C@@H]4C(=O)N(CCc5ccc(O)cc5)C(=O)[C@@H]4[C@@H]3CC3=C2C(=O)C=C(Br)C3=O)c1O. The van der Waals surface area contributed by atoms with Crippen LogP contribution in [0.15, 0.2) is 75.8 Å². The third-order valence-electron chi connectivity index (χ3n) is 8.56. The number of para-hydroxylation sites is 1. The third-order valence-corrected chi connectivity index (χ3v) is 9.15. The molecule has 0 saturated carbocycles. The highest BCUT2D eigenvalue weighted by atomic mass is 79.9. The van der Waals surface area contributed by atoms with Gasteiger partial charge in [-0.2, -0.15) is 0 Å². The summed E-state index contributed by atoms with van der Waals surface area (Å²) in [5, 5.41) is 20.6. The number of aryl methyl sites for hydroxylation is 1. The number of phenolic OH excluding ortho intramolecular Hbond substituents is 2. The summed E-state index contributed by atoms with van der Waals surface area (Å²) in [4.78, 5) is 55.2. The zero-order chi connectivity index (χ0) is 27.6. The Morgan fingerprint density at radius 1 is 0.974 bits per heavy atom. The van der Waals surface area contributed by atoms with E-state index in [0.29, 0.717) is 35.1 Å². The Bertz CT molecular complexity index is 1550. The van der Waals surface area contributed by atoms with Crippen LogP contribution in [0, 0.1) is 24.7 Å². The number of aromatic hydroxyl groups is 2. The summed E-state index contributed by atoms with van der Waals surface area (Å²) < 4.78 is 0.169. The number of carbonyl (C=O) groups excluding carboxylic acids is 4. The lowest BCUT2D eigenvalue weighted by molar-refractivity contribution is -0.140. The second-order valence-electron chi connectivity index (χ2n) is 10.7. The molecule has 7 nitrogen and oxygen atoms in total. The van der Waals surface area contributed by atoms with Gasteiger partial charge in [0.2, 0.25) is 11.8 Å². The number of rotatable bonds is 4. The van der Waals surface area contributed by atoms with Gasteiger partial charge in [-0.05, 0) is 71.3 Å². The molecule has 2 aromatic rings. The summed E-state index contributed by atoms with van der Waals surface area (Å²) >= 11 is 3.23. The third kappa shape index (κ3) is 4.00. The molecule has 1 aliphatic heterocycles. The monoisotopic (exact) mass is 587 g/mol. The maximum atomic E-state index is 13.8. The molecule has 1 saturated heterocycles. The van der Waals surface area contributed by atoms with Crippen LogP contribution in [-0.2, 0) is 25.6 Å². The molecule has 0 radical (unpaired) electrons. The van der Waals surface area contributed by atoms with Crippen LogP contribution in [0.5, 0.6) is 11.5 Å². The van der Waals surface area contributed by atoms with Gasteiger partial charge in [0.15, 0.2) is 11.6 Å². The van der Waals surface area contributed by atoms with Gasteiger partial charge in [0.05, 0.1) is 16.3 Å². The van der Waals surface area contributed by atoms with E-state index < -0.39 is 23.7 Å². The standard InChI is InChI=1S/C31H26BrNO6/c1-15-3-2-4-19(28(15)36)25-18-9-10-20-26(21(18)13-22-27(25)24(35)14-23(32)29(22)37)31(39)33(30(20)38)12-11-16-5-7-17(34)8-6-16/h2-9,14,20-21,25-26,34,36H,10-13H2,1H3/t20-,21+,25+,26-/m0/s1. The van der Waals surface area contributed by atoms with Gasteiger partial charge in [0.25, 0.3) is 0 Å². The fourth-order valence-electron chi connectivity index (χ4n) is 6.67. The molecule has 0 aromatic heterocycles. The summed E-state index contributed by atoms with van der Waals surface area (Å²) in [6.45, 7) is 1.99. The molecule has 8 heteroatoms. The van der Waals surface area contributed by atoms with Crippen molar-refractivity contribution in [3.63, 3.8) is 0 Å². The van der Waals surface area contributed by atoms with Crippen molar-refractivity contribution in [1.82, 2.24) is 4.90 Å². The number of imide groups is 1. The number of hydrogen-bond donors (Lipinski definition) is 2. The zero-order valence-corrected chi connectivity index (χ0v) is 22.8. The number of nitrogens with zero attached hydrogens (tertiary/aromatic N) is 1. The summed E-state index contributed by atoms with van der Waals surface area (Å²) in [6, 6.07) is 12.0. The molecule has 39 heavy (non-hydrogen) atoms. The number of ketones is 2. The molecule has 6 rings (SSSR count). The van der Waals surface area contributed by atoms with Crippen molar-refractivity contribution in [1.29, 1.82) is 0 Å². The van der Waals surface area contributed by atoms with Crippen molar-refractivity contribution < 1.29 is 29.4 Å². The Labute approximate surface area is 233 Å². The molecule has 1 heterocycles. The highest BCUT2D eigenvalue weighted by Crippen LogP contribution is 2.56. The number of halogens is 1. The number of likely N-dealkylation sites (tertiary alicyclic amines) is 1. The Morgan fingerprint density at radius 3 is 2.46 bits per heavy atom. The maximum Gasteiger partial charge on any atom is 0.233 e. The van der Waals surface area contributed by atoms with Crippen molar-refractivity contribution in [3.05, 3.63) is 92.5 Å². The minimum absolute atomic E-state index is 0.0521. The highest BCUT2D eigenvalue weighted by Gasteiger charge is 2.56. The topological polar surface area (TPSA) is 112 Å². The van der Waals surface area contributed by atoms with Crippen molar-refractivity contribution >= 4 is 39.3 Å². The van der Waals surface area contributed by atoms with Crippen LogP contribution in [0.1, 0.15) is 35.4 Å². The molecule has 0 unspecified atom stereocenters. The Kier molecular flexibility index (Phi) is 6.18. The van der Waals surface area contributed by atoms with Gasteiger partial charge in [-0.15, -0.1) is 0 Å². The lowest BCUT2D eigenvalue weighted by Gasteiger charge is -2.42. The summed E-state index contributed by atoms with van der Waals surface area (Å²) in [6.07, 6.45) is 4.22. The van der Waals surface area contributed by atoms with Gasteiger partial charge in [0, 0.05) is 35.2 Å². The molecular weight excluding hydrogens is 562 g/mol. The number of allylic oxidation sites excluding steroid dienone is 6. The van der Waals surface area contributed by atoms with Gasteiger partial charge in [-0.1, -0.05) is 42.0 Å². The van der Waals surface area contributed by atoms with Crippen LogP contribution in [0.25, 0.3) is 0 Å². The Balaban J connectivity index is 1.39. The highest BCUT2D eigenvalue weighted by molar-refractivity contribution is 9.12. The second kappa shape index (κ2) is 9.45. The summed E-state index contributed by atoms with van der Waals surface area (Å²) in [5.41, 5.74) is 3.55. The number of hydrogen-bond acceptors (Lipinski definition) is 6. The van der Waals surface area contributed by atoms with Gasteiger partial charge in [-0.25, -0.2) is 0 Å². The number of amides is 2. The molecule has 4 aliphatic rings. The minimum atomic E-state index is -0.679. The van der Waals surface area contributed by atoms with Crippen LogP contribution >= 0.6 is 15.9 Å². The van der Waals surface area contributed by atoms with E-state index in [1.54, 1.807) is 49.4 Å². The number of phenols is 2. The van der Waals surface area contributed by atoms with Crippen LogP contribution in [0.3, 0.4) is 0 Å². The smallest absolute Gasteiger partial charge is 0.233 e. The average molecular weight is 588 g/mol. The predicted molar refractivity (Wildman–Crippen MR) is 146 cm³/mol. The van der Waals surface area contributed by atoms with Crippen molar-refractivity contribution in [2.24, 2.45) is 17.8 Å². The first kappa shape index (κ1) is 25.5. The first-order chi connectivity index (χ1) is 18.7. The molecular formula is C31H26BrNO6. The van der Waals surface area contributed by atoms with Gasteiger partial charge < -0.3 is 10.2 Å². The maximum absolute atomic E-state index is 13.8. The molecule has 0 bridgehead atoms. The fraction of sp³-hybridized carbons (Fsp3) is 0.290. The van der Waals surface area contributed by atoms with E-state index in [2.05, 4.69) is 15.9 Å². The van der Waals surface area contributed by atoms with Gasteiger partial charge in [-0.3, -0.25) is 24.1 Å². The van der Waals surface area contributed by atoms with Crippen LogP contribution < -0.4 is 0 Å². The Hall–Kier alpha value is -3.78. The van der Waals surface area contributed by atoms with Crippen molar-refractivity contribution in [3.8, 4) is 11.5 Å². The number of Topliss-reactive ketones (excluding diaryl/α,β-unsaturated/α-hetero) is 1. The molecule has 2 amide bonds. The van der Waals surface area contributed by atoms with Crippen molar-refractivity contribution in [2.45, 2.75) is 32.1 Å². The molecule has 2 N–H and O–H groups in total. The second-order valence-corrected chi connectivity index (χ2v) is 11.5. The normalized spacial score (nSPS) is 26.3. The minimum Gasteiger partial charge on any atom is -0.508 e. The van der Waals surface area contributed by atoms with Crippen LogP contribution in [0.2, 0.25) is 0 Å². The lowest BCUT2D eigenvalue weighted by atomic mass is 9.59. The molecule has 4 atom stereocenters. The van der Waals surface area contributed by atoms with Crippen LogP contribution in [0.4, 0.5) is 0 Å². The van der Waals surface area contributed by atoms with E-state index in [1.807, 2.05) is 6.08 Å². The van der Waals surface area contributed by atoms with E-state index >= 15 is 0 Å². The number of benzene rings is 2. The van der Waals surface area contributed by atoms with E-state index in [1.165, 1.54) is 11.0 Å². The average Bonchev–Trinajstić information content (AvgIpc) is 3.16. The predicted octanol–water partition coefficient (Wildman–Crippen LogP) is 4.41. The molecule has 2 aromatic carbocycles. The molecule has 1 fully saturated rings. The zero-order valence-electron chi connectivity index (χ0n) is 21.2. The molecule has 3 aliphatic carbocycles. The van der Waals surface area contributed by atoms with Gasteiger partial charge >= 0.3 is 0 Å². The number of carbonyl (C=O) groups is 4. The fourth-order valence-corrected chi connectivity index (χ4v) is 7.11. The largest absolute Gasteiger partial charge is 0.508 e. The lowest BCUT2D eigenvalue weighted by Crippen LogP contribution is -2.39. The van der Waals surface area contributed by atoms with E-state index in [0.717, 1.165) is 11.1 Å². The first-order valence-electron chi connectivity index (χ1n) is 13.0. The molecule has 198 valence electrons. The van der Waals surface area contributed by atoms with E-state index in [-0.39, 0.29) is 52.3 Å². The summed E-state index contributed by atoms with van der Waals surface area (Å²) in [5.74, 6) is -3.19. The molecule has 0 spiro atoms. The first-order valence-corrected chi connectivity index (χ1v) is 13.8. The van der Waals surface area contributed by atoms with E-state index in [4.69, 9.17) is 0 Å². The Morgan fingerprint density at radius 2 is 1.72 bits per heavy atom.